The van der Waals surface area contributed by atoms with Crippen molar-refractivity contribution >= 4 is 22.4 Å². The number of halogens is 1. The minimum atomic E-state index is -0.347. The Morgan fingerprint density at radius 3 is 2.50 bits per heavy atom. The van der Waals surface area contributed by atoms with Crippen LogP contribution < -0.4 is 14.8 Å². The number of carbonyl (C=O) groups excluding carboxylic acids is 1. The van der Waals surface area contributed by atoms with E-state index in [9.17, 15) is 9.18 Å². The average molecular weight is 372 g/mol. The molecule has 2 aromatic carbocycles. The predicted octanol–water partition coefficient (Wildman–Crippen LogP) is 4.53. The predicted molar refractivity (Wildman–Crippen MR) is 99.7 cm³/mol. The van der Waals surface area contributed by atoms with Crippen LogP contribution in [-0.2, 0) is 0 Å². The van der Waals surface area contributed by atoms with Crippen LogP contribution in [0.25, 0.3) is 11.3 Å². The Labute approximate surface area is 154 Å². The number of ether oxygens (including phenoxy) is 2. The van der Waals surface area contributed by atoms with Crippen LogP contribution in [0.4, 0.5) is 9.52 Å². The number of hydrogen-bond donors (Lipinski definition) is 1. The van der Waals surface area contributed by atoms with E-state index in [-0.39, 0.29) is 11.7 Å². The van der Waals surface area contributed by atoms with Crippen molar-refractivity contribution in [2.45, 2.75) is 6.92 Å². The van der Waals surface area contributed by atoms with E-state index in [1.807, 2.05) is 6.92 Å². The van der Waals surface area contributed by atoms with Crippen LogP contribution in [0.1, 0.15) is 15.2 Å². The first-order chi connectivity index (χ1) is 12.5. The number of carbonyl (C=O) groups is 1. The van der Waals surface area contributed by atoms with Crippen LogP contribution in [0.3, 0.4) is 0 Å². The molecule has 0 unspecified atom stereocenters. The zero-order valence-corrected chi connectivity index (χ0v) is 15.3. The lowest BCUT2D eigenvalue weighted by atomic mass is 10.1. The number of nitrogens with one attached hydrogen (secondary N) is 1. The second-order valence-electron chi connectivity index (χ2n) is 5.45. The van der Waals surface area contributed by atoms with Crippen molar-refractivity contribution in [1.82, 2.24) is 4.98 Å². The molecule has 1 aromatic heterocycles. The summed E-state index contributed by atoms with van der Waals surface area (Å²) in [5.74, 6) is 0.342. The largest absolute Gasteiger partial charge is 0.497 e. The molecule has 3 rings (SSSR count). The molecule has 0 radical (unpaired) electrons. The summed E-state index contributed by atoms with van der Waals surface area (Å²) < 4.78 is 23.5. The molecular weight excluding hydrogens is 355 g/mol. The summed E-state index contributed by atoms with van der Waals surface area (Å²) in [6.45, 7) is 1.90. The molecule has 1 heterocycles. The monoisotopic (exact) mass is 372 g/mol. The van der Waals surface area contributed by atoms with Gasteiger partial charge in [-0.05, 0) is 49.4 Å². The highest BCUT2D eigenvalue weighted by Gasteiger charge is 2.17. The Bertz CT molecular complexity index is 938. The number of nitrogens with zero attached hydrogens (tertiary/aromatic N) is 1. The molecule has 1 N–H and O–H groups in total. The molecule has 3 aromatic rings. The maximum atomic E-state index is 13.1. The smallest absolute Gasteiger partial charge is 0.261 e. The summed E-state index contributed by atoms with van der Waals surface area (Å²) in [6, 6.07) is 11.1. The first kappa shape index (κ1) is 17.9. The van der Waals surface area contributed by atoms with Gasteiger partial charge in [-0.25, -0.2) is 9.37 Å². The molecule has 26 heavy (non-hydrogen) atoms. The lowest BCUT2D eigenvalue weighted by molar-refractivity contribution is 0.102. The molecule has 0 spiro atoms. The first-order valence-electron chi connectivity index (χ1n) is 7.78. The maximum Gasteiger partial charge on any atom is 0.261 e. The van der Waals surface area contributed by atoms with Gasteiger partial charge in [-0.1, -0.05) is 0 Å². The molecule has 0 saturated heterocycles. The number of aromatic nitrogens is 1. The van der Waals surface area contributed by atoms with Crippen LogP contribution in [0.15, 0.2) is 42.5 Å². The third kappa shape index (κ3) is 3.67. The van der Waals surface area contributed by atoms with Gasteiger partial charge in [0.1, 0.15) is 17.3 Å². The van der Waals surface area contributed by atoms with Crippen molar-refractivity contribution in [1.29, 1.82) is 0 Å². The van der Waals surface area contributed by atoms with Gasteiger partial charge >= 0.3 is 0 Å². The van der Waals surface area contributed by atoms with Crippen LogP contribution in [0, 0.1) is 12.7 Å². The molecule has 0 saturated carbocycles. The quantitative estimate of drug-likeness (QED) is 0.715. The Balaban J connectivity index is 1.87. The summed E-state index contributed by atoms with van der Waals surface area (Å²) in [6.07, 6.45) is 0. The van der Waals surface area contributed by atoms with Gasteiger partial charge in [0.25, 0.3) is 5.91 Å². The van der Waals surface area contributed by atoms with Crippen molar-refractivity contribution in [3.8, 4) is 22.8 Å². The van der Waals surface area contributed by atoms with Crippen molar-refractivity contribution in [3.63, 3.8) is 0 Å². The van der Waals surface area contributed by atoms with E-state index in [0.29, 0.717) is 27.9 Å². The number of amides is 1. The van der Waals surface area contributed by atoms with Gasteiger partial charge in [-0.3, -0.25) is 10.1 Å². The van der Waals surface area contributed by atoms with Gasteiger partial charge < -0.3 is 9.47 Å². The fourth-order valence-electron chi connectivity index (χ4n) is 2.48. The van der Waals surface area contributed by atoms with E-state index in [1.54, 1.807) is 30.3 Å². The molecule has 0 aliphatic heterocycles. The van der Waals surface area contributed by atoms with Gasteiger partial charge in [0, 0.05) is 10.4 Å². The van der Waals surface area contributed by atoms with Crippen molar-refractivity contribution < 1.29 is 18.7 Å². The van der Waals surface area contributed by atoms with Crippen LogP contribution >= 0.6 is 11.3 Å². The van der Waals surface area contributed by atoms with E-state index in [4.69, 9.17) is 9.47 Å². The van der Waals surface area contributed by atoms with Crippen molar-refractivity contribution in [3.05, 3.63) is 58.7 Å². The number of hydrogen-bond acceptors (Lipinski definition) is 5. The molecule has 0 fully saturated rings. The summed E-state index contributed by atoms with van der Waals surface area (Å²) in [4.78, 5) is 18.0. The fourth-order valence-corrected chi connectivity index (χ4v) is 3.31. The first-order valence-corrected chi connectivity index (χ1v) is 8.60. The summed E-state index contributed by atoms with van der Waals surface area (Å²) in [5, 5.41) is 3.24. The van der Waals surface area contributed by atoms with E-state index in [2.05, 4.69) is 10.3 Å². The van der Waals surface area contributed by atoms with E-state index < -0.39 is 0 Å². The van der Waals surface area contributed by atoms with Crippen LogP contribution in [-0.4, -0.2) is 25.1 Å². The molecule has 1 amide bonds. The van der Waals surface area contributed by atoms with Gasteiger partial charge in [-0.15, -0.1) is 11.3 Å². The molecule has 0 aliphatic rings. The fraction of sp³-hybridized carbons (Fsp3) is 0.158. The topological polar surface area (TPSA) is 60.5 Å². The van der Waals surface area contributed by atoms with Gasteiger partial charge in [0.05, 0.1) is 25.5 Å². The number of rotatable bonds is 5. The molecule has 5 nitrogen and oxygen atoms in total. The second-order valence-corrected chi connectivity index (χ2v) is 6.65. The summed E-state index contributed by atoms with van der Waals surface area (Å²) in [7, 11) is 3.03. The molecule has 0 bridgehead atoms. The molecular formula is C19H17FN2O3S. The number of aryl methyl sites for hydroxylation is 1. The average Bonchev–Trinajstić information content (AvgIpc) is 3.01. The number of thiazole rings is 1. The van der Waals surface area contributed by atoms with Crippen molar-refractivity contribution in [2.75, 3.05) is 19.5 Å². The number of methoxy groups -OCH3 is 2. The van der Waals surface area contributed by atoms with Crippen LogP contribution in [0.5, 0.6) is 11.5 Å². The highest BCUT2D eigenvalue weighted by atomic mass is 32.1. The third-order valence-corrected chi connectivity index (χ3v) is 4.67. The zero-order chi connectivity index (χ0) is 18.7. The van der Waals surface area contributed by atoms with Gasteiger partial charge in [0.2, 0.25) is 0 Å². The lowest BCUT2D eigenvalue weighted by Gasteiger charge is -2.09. The van der Waals surface area contributed by atoms with Gasteiger partial charge in [-0.2, -0.15) is 0 Å². The van der Waals surface area contributed by atoms with Gasteiger partial charge in [0.15, 0.2) is 5.13 Å². The normalized spacial score (nSPS) is 10.5. The van der Waals surface area contributed by atoms with E-state index >= 15 is 0 Å². The molecule has 7 heteroatoms. The third-order valence-electron chi connectivity index (χ3n) is 3.79. The lowest BCUT2D eigenvalue weighted by Crippen LogP contribution is -2.13. The van der Waals surface area contributed by atoms with Crippen LogP contribution in [0.2, 0.25) is 0 Å². The Kier molecular flexibility index (Phi) is 5.18. The molecule has 134 valence electrons. The standard InChI is InChI=1S/C19H17FN2O3S/c1-11-17(12-4-6-13(20)7-5-12)21-19(26-11)22-18(23)15-10-14(24-2)8-9-16(15)25-3/h4-10H,1-3H3,(H,21,22,23). The number of benzene rings is 2. The summed E-state index contributed by atoms with van der Waals surface area (Å²) >= 11 is 1.35. The van der Waals surface area contributed by atoms with E-state index in [0.717, 1.165) is 10.4 Å². The zero-order valence-electron chi connectivity index (χ0n) is 14.5. The van der Waals surface area contributed by atoms with E-state index in [1.165, 1.54) is 37.7 Å². The Hall–Kier alpha value is -2.93. The minimum absolute atomic E-state index is 0.305. The SMILES string of the molecule is COc1ccc(OC)c(C(=O)Nc2nc(-c3ccc(F)cc3)c(C)s2)c1. The summed E-state index contributed by atoms with van der Waals surface area (Å²) in [5.41, 5.74) is 1.85. The van der Waals surface area contributed by atoms with Crippen molar-refractivity contribution in [2.24, 2.45) is 0 Å². The Morgan fingerprint density at radius 2 is 1.85 bits per heavy atom. The highest BCUT2D eigenvalue weighted by Crippen LogP contribution is 2.31. The maximum absolute atomic E-state index is 13.1. The number of anilines is 1. The minimum Gasteiger partial charge on any atom is -0.497 e. The second kappa shape index (κ2) is 7.53. The molecule has 0 atom stereocenters. The molecule has 0 aliphatic carbocycles. The highest BCUT2D eigenvalue weighted by molar-refractivity contribution is 7.16. The Morgan fingerprint density at radius 1 is 1.12 bits per heavy atom.